The van der Waals surface area contributed by atoms with E-state index in [4.69, 9.17) is 4.74 Å². The number of benzene rings is 1. The van der Waals surface area contributed by atoms with Crippen molar-refractivity contribution in [1.82, 2.24) is 15.5 Å². The van der Waals surface area contributed by atoms with Crippen molar-refractivity contribution in [2.24, 2.45) is 0 Å². The quantitative estimate of drug-likeness (QED) is 0.884. The highest BCUT2D eigenvalue weighted by molar-refractivity contribution is 5.80. The number of hydrogen-bond acceptors (Lipinski definition) is 3. The summed E-state index contributed by atoms with van der Waals surface area (Å²) >= 11 is 0. The van der Waals surface area contributed by atoms with Crippen molar-refractivity contribution in [1.29, 1.82) is 0 Å². The van der Waals surface area contributed by atoms with Crippen LogP contribution in [0.25, 0.3) is 0 Å². The van der Waals surface area contributed by atoms with E-state index in [0.717, 1.165) is 24.8 Å². The first-order chi connectivity index (χ1) is 11.6. The van der Waals surface area contributed by atoms with Crippen molar-refractivity contribution in [3.63, 3.8) is 0 Å². The number of nitrogens with one attached hydrogen (secondary N) is 2. The molecule has 2 aliphatic rings. The van der Waals surface area contributed by atoms with Gasteiger partial charge in [-0.2, -0.15) is 0 Å². The summed E-state index contributed by atoms with van der Waals surface area (Å²) in [4.78, 5) is 26.5. The molecule has 6 heteroatoms. The van der Waals surface area contributed by atoms with Gasteiger partial charge in [-0.05, 0) is 24.8 Å². The van der Waals surface area contributed by atoms with Crippen molar-refractivity contribution in [2.75, 3.05) is 26.7 Å². The molecule has 1 aliphatic heterocycles. The number of amides is 3. The lowest BCUT2D eigenvalue weighted by molar-refractivity contribution is -0.121. The second-order valence-electron chi connectivity index (χ2n) is 6.57. The predicted octanol–water partition coefficient (Wildman–Crippen LogP) is 1.83. The minimum absolute atomic E-state index is 0.0218. The molecule has 2 fully saturated rings. The van der Waals surface area contributed by atoms with Crippen LogP contribution in [0.3, 0.4) is 0 Å². The van der Waals surface area contributed by atoms with Gasteiger partial charge in [0.2, 0.25) is 5.91 Å². The number of ether oxygens (including phenoxy) is 1. The third kappa shape index (κ3) is 3.53. The van der Waals surface area contributed by atoms with Gasteiger partial charge in [0.15, 0.2) is 0 Å². The van der Waals surface area contributed by atoms with Gasteiger partial charge in [0.05, 0.1) is 18.1 Å². The van der Waals surface area contributed by atoms with Crippen LogP contribution in [-0.2, 0) is 9.53 Å². The second kappa shape index (κ2) is 7.21. The van der Waals surface area contributed by atoms with Crippen LogP contribution in [0.1, 0.15) is 37.3 Å². The fourth-order valence-corrected chi connectivity index (χ4v) is 3.41. The Morgan fingerprint density at radius 3 is 2.75 bits per heavy atom. The van der Waals surface area contributed by atoms with E-state index < -0.39 is 0 Å². The first kappa shape index (κ1) is 16.8. The van der Waals surface area contributed by atoms with E-state index >= 15 is 0 Å². The Kier molecular flexibility index (Phi) is 5.04. The smallest absolute Gasteiger partial charge is 0.318 e. The molecule has 1 saturated carbocycles. The summed E-state index contributed by atoms with van der Waals surface area (Å²) in [5, 5.41) is 5.86. The molecule has 0 unspecified atom stereocenters. The highest BCUT2D eigenvalue weighted by Crippen LogP contribution is 2.34. The number of urea groups is 1. The van der Waals surface area contributed by atoms with Crippen molar-refractivity contribution < 1.29 is 14.3 Å². The number of carbonyl (C=O) groups is 2. The van der Waals surface area contributed by atoms with E-state index in [-0.39, 0.29) is 30.0 Å². The maximum Gasteiger partial charge on any atom is 0.318 e. The molecular weight excluding hydrogens is 306 g/mol. The molecule has 1 aromatic rings. The van der Waals surface area contributed by atoms with Crippen LogP contribution < -0.4 is 10.6 Å². The Hall–Kier alpha value is -2.08. The Morgan fingerprint density at radius 2 is 2.12 bits per heavy atom. The van der Waals surface area contributed by atoms with Gasteiger partial charge < -0.3 is 20.3 Å². The molecule has 1 heterocycles. The van der Waals surface area contributed by atoms with Gasteiger partial charge in [-0.1, -0.05) is 30.3 Å². The zero-order valence-electron chi connectivity index (χ0n) is 14.1. The average molecular weight is 331 g/mol. The summed E-state index contributed by atoms with van der Waals surface area (Å²) < 4.78 is 5.57. The SMILES string of the molecule is COC1(CNC(=O)N2CCNC(=O)C[C@@H]2c2ccccc2)CCC1. The van der Waals surface area contributed by atoms with E-state index in [2.05, 4.69) is 10.6 Å². The molecule has 1 aromatic carbocycles. The van der Waals surface area contributed by atoms with Crippen molar-refractivity contribution in [3.05, 3.63) is 35.9 Å². The lowest BCUT2D eigenvalue weighted by Crippen LogP contribution is -2.52. The molecule has 0 spiro atoms. The topological polar surface area (TPSA) is 70.7 Å². The van der Waals surface area contributed by atoms with Crippen molar-refractivity contribution in [3.8, 4) is 0 Å². The van der Waals surface area contributed by atoms with Crippen LogP contribution in [-0.4, -0.2) is 49.2 Å². The molecule has 0 bridgehead atoms. The Labute approximate surface area is 142 Å². The van der Waals surface area contributed by atoms with Crippen LogP contribution >= 0.6 is 0 Å². The van der Waals surface area contributed by atoms with Crippen molar-refractivity contribution >= 4 is 11.9 Å². The molecule has 0 aromatic heterocycles. The number of hydrogen-bond donors (Lipinski definition) is 2. The van der Waals surface area contributed by atoms with Crippen LogP contribution in [0.5, 0.6) is 0 Å². The van der Waals surface area contributed by atoms with Crippen LogP contribution in [0.4, 0.5) is 4.79 Å². The Bertz CT molecular complexity index is 581. The molecule has 1 atom stereocenters. The first-order valence-corrected chi connectivity index (χ1v) is 8.55. The summed E-state index contributed by atoms with van der Waals surface area (Å²) in [7, 11) is 1.70. The summed E-state index contributed by atoms with van der Waals surface area (Å²) in [6.07, 6.45) is 3.38. The standard InChI is InChI=1S/C18H25N3O3/c1-24-18(8-5-9-18)13-20-17(23)21-11-10-19-16(22)12-15(21)14-6-3-2-4-7-14/h2-4,6-7,15H,5,8-13H2,1H3,(H,19,22)(H,20,23)/t15-/m1/s1. The van der Waals surface area contributed by atoms with E-state index in [1.54, 1.807) is 12.0 Å². The number of rotatable bonds is 4. The molecule has 3 amide bonds. The van der Waals surface area contributed by atoms with E-state index in [0.29, 0.717) is 19.6 Å². The lowest BCUT2D eigenvalue weighted by atomic mass is 9.80. The number of carbonyl (C=O) groups excluding carboxylic acids is 2. The molecular formula is C18H25N3O3. The van der Waals surface area contributed by atoms with Gasteiger partial charge in [0, 0.05) is 26.7 Å². The largest absolute Gasteiger partial charge is 0.376 e. The normalized spacial score (nSPS) is 23.0. The van der Waals surface area contributed by atoms with Crippen LogP contribution in [0.15, 0.2) is 30.3 Å². The zero-order chi connectivity index (χ0) is 17.0. The predicted molar refractivity (Wildman–Crippen MR) is 90.5 cm³/mol. The maximum atomic E-state index is 12.8. The molecule has 1 saturated heterocycles. The summed E-state index contributed by atoms with van der Waals surface area (Å²) in [5.74, 6) is -0.0218. The maximum absolute atomic E-state index is 12.8. The highest BCUT2D eigenvalue weighted by Gasteiger charge is 2.38. The molecule has 24 heavy (non-hydrogen) atoms. The van der Waals surface area contributed by atoms with Gasteiger partial charge >= 0.3 is 6.03 Å². The van der Waals surface area contributed by atoms with Gasteiger partial charge in [0.1, 0.15) is 0 Å². The zero-order valence-corrected chi connectivity index (χ0v) is 14.1. The Morgan fingerprint density at radius 1 is 1.38 bits per heavy atom. The third-order valence-corrected chi connectivity index (χ3v) is 5.13. The van der Waals surface area contributed by atoms with Gasteiger partial charge in [-0.3, -0.25) is 4.79 Å². The van der Waals surface area contributed by atoms with Gasteiger partial charge in [-0.15, -0.1) is 0 Å². The van der Waals surface area contributed by atoms with Gasteiger partial charge in [-0.25, -0.2) is 4.79 Å². The highest BCUT2D eigenvalue weighted by atomic mass is 16.5. The average Bonchev–Trinajstić information content (AvgIpc) is 2.76. The molecule has 0 radical (unpaired) electrons. The monoisotopic (exact) mass is 331 g/mol. The van der Waals surface area contributed by atoms with Crippen molar-refractivity contribution in [2.45, 2.75) is 37.3 Å². The third-order valence-electron chi connectivity index (χ3n) is 5.13. The first-order valence-electron chi connectivity index (χ1n) is 8.55. The van der Waals surface area contributed by atoms with Crippen LogP contribution in [0, 0.1) is 0 Å². The molecule has 130 valence electrons. The summed E-state index contributed by atoms with van der Waals surface area (Å²) in [5.41, 5.74) is 0.771. The minimum Gasteiger partial charge on any atom is -0.376 e. The lowest BCUT2D eigenvalue weighted by Gasteiger charge is -2.41. The van der Waals surface area contributed by atoms with E-state index in [9.17, 15) is 9.59 Å². The number of methoxy groups -OCH3 is 1. The number of nitrogens with zero attached hydrogens (tertiary/aromatic N) is 1. The fourth-order valence-electron chi connectivity index (χ4n) is 3.41. The molecule has 2 N–H and O–H groups in total. The fraction of sp³-hybridized carbons (Fsp3) is 0.556. The van der Waals surface area contributed by atoms with Crippen LogP contribution in [0.2, 0.25) is 0 Å². The summed E-state index contributed by atoms with van der Waals surface area (Å²) in [6.45, 7) is 1.49. The molecule has 3 rings (SSSR count). The minimum atomic E-state index is -0.242. The summed E-state index contributed by atoms with van der Waals surface area (Å²) in [6, 6.07) is 9.35. The van der Waals surface area contributed by atoms with Gasteiger partial charge in [0.25, 0.3) is 0 Å². The van der Waals surface area contributed by atoms with E-state index in [1.807, 2.05) is 30.3 Å². The molecule has 6 nitrogen and oxygen atoms in total. The Balaban J connectivity index is 1.72. The van der Waals surface area contributed by atoms with E-state index in [1.165, 1.54) is 0 Å². The molecule has 1 aliphatic carbocycles. The second-order valence-corrected chi connectivity index (χ2v) is 6.57.